The molecular weight excluding hydrogens is 413 g/mol. The molecule has 3 aliphatic rings. The Labute approximate surface area is 154 Å². The number of hydrogen-bond donors (Lipinski definition) is 3. The molecule has 0 aromatic rings. The second-order valence-corrected chi connectivity index (χ2v) is 8.25. The fourth-order valence-corrected chi connectivity index (χ4v) is 5.24. The molecule has 2 saturated heterocycles. The molecule has 1 aliphatic carbocycles. The van der Waals surface area contributed by atoms with Crippen LogP contribution in [0, 0.1) is 11.3 Å². The highest BCUT2D eigenvalue weighted by Crippen LogP contribution is 2.52. The monoisotopic (exact) mass is 441 g/mol. The number of fused-ring (bicyclic) bond motifs is 1. The summed E-state index contributed by atoms with van der Waals surface area (Å²) in [6.45, 7) is 5.95. The third-order valence-electron chi connectivity index (χ3n) is 5.28. The Morgan fingerprint density at radius 1 is 1.45 bits per heavy atom. The van der Waals surface area contributed by atoms with Gasteiger partial charge in [-0.15, -0.1) is 24.0 Å². The van der Waals surface area contributed by atoms with Crippen molar-refractivity contribution in [2.75, 3.05) is 31.7 Å². The van der Waals surface area contributed by atoms with Gasteiger partial charge >= 0.3 is 0 Å². The lowest BCUT2D eigenvalue weighted by atomic mass is 9.57. The van der Waals surface area contributed by atoms with Gasteiger partial charge < -0.3 is 20.5 Å². The van der Waals surface area contributed by atoms with Crippen LogP contribution >= 0.6 is 35.7 Å². The number of nitrogens with zero attached hydrogens (tertiary/aromatic N) is 1. The predicted octanol–water partition coefficient (Wildman–Crippen LogP) is 1.45. The van der Waals surface area contributed by atoms with E-state index in [2.05, 4.69) is 29.5 Å². The number of ether oxygens (including phenoxy) is 1. The van der Waals surface area contributed by atoms with Gasteiger partial charge in [-0.05, 0) is 18.6 Å². The summed E-state index contributed by atoms with van der Waals surface area (Å²) in [5.41, 5.74) is -0.449. The number of hydrogen-bond acceptors (Lipinski definition) is 4. The van der Waals surface area contributed by atoms with Gasteiger partial charge in [0.05, 0.1) is 11.7 Å². The lowest BCUT2D eigenvalue weighted by Crippen LogP contribution is -2.68. The van der Waals surface area contributed by atoms with E-state index >= 15 is 0 Å². The molecule has 3 fully saturated rings. The minimum absolute atomic E-state index is 0. The minimum atomic E-state index is -0.587. The maximum Gasteiger partial charge on any atom is 0.191 e. The molecule has 3 N–H and O–H groups in total. The largest absolute Gasteiger partial charge is 0.387 e. The average molecular weight is 441 g/mol. The van der Waals surface area contributed by atoms with Crippen molar-refractivity contribution in [2.45, 2.75) is 44.4 Å². The fraction of sp³-hybridized carbons (Fsp3) is 0.933. The van der Waals surface area contributed by atoms with Crippen LogP contribution in [0.1, 0.15) is 26.7 Å². The summed E-state index contributed by atoms with van der Waals surface area (Å²) in [5.74, 6) is 3.23. The van der Waals surface area contributed by atoms with E-state index in [1.165, 1.54) is 0 Å². The molecule has 128 valence electrons. The van der Waals surface area contributed by atoms with Gasteiger partial charge in [-0.3, -0.25) is 4.99 Å². The number of aliphatic imine (C=N–C) groups is 1. The van der Waals surface area contributed by atoms with E-state index in [1.54, 1.807) is 7.05 Å². The second kappa shape index (κ2) is 7.03. The van der Waals surface area contributed by atoms with Crippen LogP contribution in [0.25, 0.3) is 0 Å². The van der Waals surface area contributed by atoms with Crippen LogP contribution in [-0.2, 0) is 4.74 Å². The standard InChI is InChI=1S/C15H27N3O2S.HI/c1-14(2)11(10-4-6-20-12(10)14)18-13(16-3)17-8-15(19)5-7-21-9-15;/h10-12,19H,4-9H2,1-3H3,(H2,16,17,18);1H. The highest BCUT2D eigenvalue weighted by atomic mass is 127. The summed E-state index contributed by atoms with van der Waals surface area (Å²) in [6.07, 6.45) is 2.36. The number of rotatable bonds is 3. The molecule has 0 bridgehead atoms. The van der Waals surface area contributed by atoms with Crippen molar-refractivity contribution in [1.29, 1.82) is 0 Å². The lowest BCUT2D eigenvalue weighted by Gasteiger charge is -2.55. The highest BCUT2D eigenvalue weighted by Gasteiger charge is 2.59. The van der Waals surface area contributed by atoms with Crippen molar-refractivity contribution in [2.24, 2.45) is 16.3 Å². The maximum absolute atomic E-state index is 10.4. The van der Waals surface area contributed by atoms with E-state index in [4.69, 9.17) is 4.74 Å². The Morgan fingerprint density at radius 3 is 2.86 bits per heavy atom. The van der Waals surface area contributed by atoms with Crippen molar-refractivity contribution < 1.29 is 9.84 Å². The molecular formula is C15H28IN3O2S. The predicted molar refractivity (Wildman–Crippen MR) is 102 cm³/mol. The van der Waals surface area contributed by atoms with E-state index in [0.29, 0.717) is 24.6 Å². The van der Waals surface area contributed by atoms with E-state index in [9.17, 15) is 5.11 Å². The van der Waals surface area contributed by atoms with Gasteiger partial charge in [0.2, 0.25) is 0 Å². The number of thioether (sulfide) groups is 1. The summed E-state index contributed by atoms with van der Waals surface area (Å²) in [7, 11) is 1.79. The van der Waals surface area contributed by atoms with Gasteiger partial charge in [0.1, 0.15) is 0 Å². The molecule has 5 nitrogen and oxygen atoms in total. The molecule has 0 spiro atoms. The van der Waals surface area contributed by atoms with Crippen LogP contribution in [0.4, 0.5) is 0 Å². The summed E-state index contributed by atoms with van der Waals surface area (Å²) in [4.78, 5) is 4.32. The van der Waals surface area contributed by atoms with Crippen molar-refractivity contribution >= 4 is 41.7 Å². The summed E-state index contributed by atoms with van der Waals surface area (Å²) >= 11 is 1.82. The first-order valence-corrected chi connectivity index (χ1v) is 9.01. The molecule has 1 saturated carbocycles. The first-order valence-electron chi connectivity index (χ1n) is 7.85. The smallest absolute Gasteiger partial charge is 0.191 e. The Balaban J connectivity index is 0.00000176. The van der Waals surface area contributed by atoms with Crippen molar-refractivity contribution in [3.05, 3.63) is 0 Å². The van der Waals surface area contributed by atoms with Gasteiger partial charge in [0.15, 0.2) is 5.96 Å². The summed E-state index contributed by atoms with van der Waals surface area (Å²) < 4.78 is 5.83. The normalized spacial score (nSPS) is 39.6. The topological polar surface area (TPSA) is 65.9 Å². The Bertz CT molecular complexity index is 427. The SMILES string of the molecule is CN=C(NCC1(O)CCSC1)NC1C2CCOC2C1(C)C.I. The van der Waals surface area contributed by atoms with Crippen molar-refractivity contribution in [3.8, 4) is 0 Å². The Kier molecular flexibility index (Phi) is 5.94. The molecule has 0 amide bonds. The lowest BCUT2D eigenvalue weighted by molar-refractivity contribution is -0.106. The Morgan fingerprint density at radius 2 is 2.23 bits per heavy atom. The zero-order valence-corrected chi connectivity index (χ0v) is 16.7. The molecule has 0 aromatic heterocycles. The zero-order valence-electron chi connectivity index (χ0n) is 13.6. The number of halogens is 1. The first kappa shape index (κ1) is 18.6. The van der Waals surface area contributed by atoms with Crippen LogP contribution in [0.2, 0.25) is 0 Å². The number of guanidine groups is 1. The van der Waals surface area contributed by atoms with Gasteiger partial charge in [0.25, 0.3) is 0 Å². The Hall–Kier alpha value is 0.270. The van der Waals surface area contributed by atoms with Gasteiger partial charge in [-0.1, -0.05) is 13.8 Å². The van der Waals surface area contributed by atoms with Gasteiger partial charge in [-0.2, -0.15) is 11.8 Å². The van der Waals surface area contributed by atoms with Crippen LogP contribution in [0.5, 0.6) is 0 Å². The van der Waals surface area contributed by atoms with Crippen molar-refractivity contribution in [1.82, 2.24) is 10.6 Å². The molecule has 4 atom stereocenters. The fourth-order valence-electron chi connectivity index (χ4n) is 3.94. The van der Waals surface area contributed by atoms with Gasteiger partial charge in [0, 0.05) is 43.3 Å². The second-order valence-electron chi connectivity index (χ2n) is 7.14. The molecule has 22 heavy (non-hydrogen) atoms. The molecule has 2 aliphatic heterocycles. The number of aliphatic hydroxyl groups is 1. The van der Waals surface area contributed by atoms with E-state index in [-0.39, 0.29) is 29.4 Å². The maximum atomic E-state index is 10.4. The van der Waals surface area contributed by atoms with Gasteiger partial charge in [-0.25, -0.2) is 0 Å². The highest BCUT2D eigenvalue weighted by molar-refractivity contribution is 14.0. The molecule has 2 heterocycles. The van der Waals surface area contributed by atoms with Crippen LogP contribution in [-0.4, -0.2) is 60.5 Å². The first-order chi connectivity index (χ1) is 9.96. The average Bonchev–Trinajstić information content (AvgIpc) is 3.07. The summed E-state index contributed by atoms with van der Waals surface area (Å²) in [5, 5.41) is 17.3. The molecule has 4 unspecified atom stereocenters. The molecule has 7 heteroatoms. The van der Waals surface area contributed by atoms with E-state index < -0.39 is 5.60 Å². The third-order valence-corrected chi connectivity index (χ3v) is 6.52. The molecule has 3 rings (SSSR count). The third kappa shape index (κ3) is 3.37. The van der Waals surface area contributed by atoms with Crippen LogP contribution in [0.3, 0.4) is 0 Å². The zero-order chi connectivity index (χ0) is 15.1. The quantitative estimate of drug-likeness (QED) is 0.352. The van der Waals surface area contributed by atoms with Crippen molar-refractivity contribution in [3.63, 3.8) is 0 Å². The minimum Gasteiger partial charge on any atom is -0.387 e. The number of nitrogens with one attached hydrogen (secondary N) is 2. The van der Waals surface area contributed by atoms with E-state index in [0.717, 1.165) is 36.9 Å². The van der Waals surface area contributed by atoms with Crippen LogP contribution < -0.4 is 10.6 Å². The van der Waals surface area contributed by atoms with Crippen LogP contribution in [0.15, 0.2) is 4.99 Å². The summed E-state index contributed by atoms with van der Waals surface area (Å²) in [6, 6.07) is 0.392. The van der Waals surface area contributed by atoms with E-state index in [1.807, 2.05) is 11.8 Å². The molecule has 0 aromatic carbocycles. The molecule has 0 radical (unpaired) electrons.